The number of methoxy groups -OCH3 is 1. The van der Waals surface area contributed by atoms with Gasteiger partial charge < -0.3 is 4.74 Å². The number of hydrogen-bond donors (Lipinski definition) is 1. The standard InChI is InChI=1S/C18H16N2O3S2/c1-10-7-8-14(24-10)15-11(2)25-18(19-15)20-16(21)12-5-4-6-13(9-12)17(22)23-3/h4-9H,1-3H3,(H,19,20,21). The lowest BCUT2D eigenvalue weighted by Gasteiger charge is -2.04. The van der Waals surface area contributed by atoms with Crippen LogP contribution < -0.4 is 5.32 Å². The molecule has 7 heteroatoms. The lowest BCUT2D eigenvalue weighted by molar-refractivity contribution is 0.0600. The van der Waals surface area contributed by atoms with Gasteiger partial charge in [-0.2, -0.15) is 0 Å². The molecule has 0 aliphatic carbocycles. The average Bonchev–Trinajstić information content (AvgIpc) is 3.19. The number of carbonyl (C=O) groups is 2. The van der Waals surface area contributed by atoms with Gasteiger partial charge in [0, 0.05) is 15.3 Å². The molecule has 3 aromatic rings. The van der Waals surface area contributed by atoms with Crippen molar-refractivity contribution in [3.8, 4) is 10.6 Å². The Morgan fingerprint density at radius 2 is 1.84 bits per heavy atom. The van der Waals surface area contributed by atoms with Gasteiger partial charge in [-0.15, -0.1) is 22.7 Å². The Labute approximate surface area is 153 Å². The normalized spacial score (nSPS) is 10.5. The maximum absolute atomic E-state index is 12.4. The summed E-state index contributed by atoms with van der Waals surface area (Å²) in [7, 11) is 1.31. The second-order valence-electron chi connectivity index (χ2n) is 5.36. The molecule has 0 saturated carbocycles. The number of benzene rings is 1. The van der Waals surface area contributed by atoms with E-state index in [1.165, 1.54) is 29.4 Å². The van der Waals surface area contributed by atoms with Crippen LogP contribution in [0, 0.1) is 13.8 Å². The molecule has 2 heterocycles. The van der Waals surface area contributed by atoms with Gasteiger partial charge in [0.15, 0.2) is 5.13 Å². The number of nitrogens with zero attached hydrogens (tertiary/aromatic N) is 1. The van der Waals surface area contributed by atoms with Crippen molar-refractivity contribution in [1.29, 1.82) is 0 Å². The molecule has 1 N–H and O–H groups in total. The van der Waals surface area contributed by atoms with Crippen molar-refractivity contribution in [2.75, 3.05) is 12.4 Å². The Morgan fingerprint density at radius 3 is 2.52 bits per heavy atom. The second-order valence-corrected chi connectivity index (χ2v) is 7.85. The summed E-state index contributed by atoms with van der Waals surface area (Å²) in [5, 5.41) is 3.34. The molecule has 128 valence electrons. The number of aryl methyl sites for hydroxylation is 2. The van der Waals surface area contributed by atoms with E-state index in [9.17, 15) is 9.59 Å². The molecule has 0 saturated heterocycles. The summed E-state index contributed by atoms with van der Waals surface area (Å²) in [6.07, 6.45) is 0. The van der Waals surface area contributed by atoms with E-state index < -0.39 is 5.97 Å². The van der Waals surface area contributed by atoms with E-state index in [1.807, 2.05) is 19.9 Å². The Morgan fingerprint density at radius 1 is 1.08 bits per heavy atom. The second kappa shape index (κ2) is 7.16. The highest BCUT2D eigenvalue weighted by Gasteiger charge is 2.15. The van der Waals surface area contributed by atoms with Crippen LogP contribution in [-0.2, 0) is 4.74 Å². The topological polar surface area (TPSA) is 68.3 Å². The predicted octanol–water partition coefficient (Wildman–Crippen LogP) is 4.53. The van der Waals surface area contributed by atoms with Gasteiger partial charge in [0.05, 0.1) is 23.2 Å². The quantitative estimate of drug-likeness (QED) is 0.683. The first kappa shape index (κ1) is 17.3. The predicted molar refractivity (Wildman–Crippen MR) is 101 cm³/mol. The van der Waals surface area contributed by atoms with E-state index in [2.05, 4.69) is 21.1 Å². The van der Waals surface area contributed by atoms with Crippen LogP contribution in [-0.4, -0.2) is 24.0 Å². The molecule has 0 spiro atoms. The molecule has 2 aromatic heterocycles. The Balaban J connectivity index is 1.81. The number of rotatable bonds is 4. The van der Waals surface area contributed by atoms with E-state index in [4.69, 9.17) is 0 Å². The van der Waals surface area contributed by atoms with Gasteiger partial charge in [0.2, 0.25) is 0 Å². The van der Waals surface area contributed by atoms with Crippen LogP contribution in [0.4, 0.5) is 5.13 Å². The zero-order chi connectivity index (χ0) is 18.0. The zero-order valence-electron chi connectivity index (χ0n) is 14.0. The number of amides is 1. The highest BCUT2D eigenvalue weighted by molar-refractivity contribution is 7.18. The number of nitrogens with one attached hydrogen (secondary N) is 1. The van der Waals surface area contributed by atoms with Crippen molar-refractivity contribution in [2.45, 2.75) is 13.8 Å². The summed E-state index contributed by atoms with van der Waals surface area (Å²) < 4.78 is 4.68. The summed E-state index contributed by atoms with van der Waals surface area (Å²) in [4.78, 5) is 31.9. The third kappa shape index (κ3) is 3.78. The van der Waals surface area contributed by atoms with E-state index in [0.717, 1.165) is 15.4 Å². The van der Waals surface area contributed by atoms with Gasteiger partial charge in [-0.05, 0) is 44.2 Å². The molecule has 25 heavy (non-hydrogen) atoms. The van der Waals surface area contributed by atoms with Crippen LogP contribution in [0.2, 0.25) is 0 Å². The van der Waals surface area contributed by atoms with Crippen molar-refractivity contribution in [2.24, 2.45) is 0 Å². The summed E-state index contributed by atoms with van der Waals surface area (Å²) in [5.74, 6) is -0.788. The molecule has 0 unspecified atom stereocenters. The molecule has 1 amide bonds. The lowest BCUT2D eigenvalue weighted by Crippen LogP contribution is -2.13. The van der Waals surface area contributed by atoms with Crippen LogP contribution >= 0.6 is 22.7 Å². The Hall–Kier alpha value is -2.51. The highest BCUT2D eigenvalue weighted by Crippen LogP contribution is 2.34. The molecule has 0 aliphatic heterocycles. The van der Waals surface area contributed by atoms with Crippen molar-refractivity contribution in [3.05, 3.63) is 57.3 Å². The van der Waals surface area contributed by atoms with Crippen molar-refractivity contribution < 1.29 is 14.3 Å². The van der Waals surface area contributed by atoms with E-state index in [1.54, 1.807) is 29.5 Å². The number of esters is 1. The first-order valence-electron chi connectivity index (χ1n) is 7.52. The third-order valence-corrected chi connectivity index (χ3v) is 5.43. The van der Waals surface area contributed by atoms with Gasteiger partial charge in [-0.3, -0.25) is 10.1 Å². The van der Waals surface area contributed by atoms with E-state index in [-0.39, 0.29) is 5.91 Å². The van der Waals surface area contributed by atoms with E-state index in [0.29, 0.717) is 16.3 Å². The molecule has 1 aromatic carbocycles. The first-order valence-corrected chi connectivity index (χ1v) is 9.15. The minimum atomic E-state index is -0.477. The molecule has 5 nitrogen and oxygen atoms in total. The summed E-state index contributed by atoms with van der Waals surface area (Å²) in [5.41, 5.74) is 1.60. The molecule has 0 fully saturated rings. The third-order valence-electron chi connectivity index (χ3n) is 3.54. The van der Waals surface area contributed by atoms with Crippen LogP contribution in [0.15, 0.2) is 36.4 Å². The SMILES string of the molecule is COC(=O)c1cccc(C(=O)Nc2nc(-c3ccc(C)s3)c(C)s2)c1. The molecule has 0 radical (unpaired) electrons. The number of anilines is 1. The number of thiazole rings is 1. The van der Waals surface area contributed by atoms with Gasteiger partial charge >= 0.3 is 5.97 Å². The van der Waals surface area contributed by atoms with Gasteiger partial charge in [-0.1, -0.05) is 6.07 Å². The minimum Gasteiger partial charge on any atom is -0.465 e. The molecular weight excluding hydrogens is 356 g/mol. The Kier molecular flexibility index (Phi) is 4.96. The smallest absolute Gasteiger partial charge is 0.337 e. The number of ether oxygens (including phenoxy) is 1. The Bertz CT molecular complexity index is 943. The number of carbonyl (C=O) groups excluding carboxylic acids is 2. The number of thiophene rings is 1. The largest absolute Gasteiger partial charge is 0.465 e. The van der Waals surface area contributed by atoms with Gasteiger partial charge in [0.25, 0.3) is 5.91 Å². The first-order chi connectivity index (χ1) is 12.0. The van der Waals surface area contributed by atoms with Gasteiger partial charge in [-0.25, -0.2) is 9.78 Å². The molecule has 0 atom stereocenters. The summed E-state index contributed by atoms with van der Waals surface area (Å²) >= 11 is 3.10. The van der Waals surface area contributed by atoms with Crippen LogP contribution in [0.5, 0.6) is 0 Å². The van der Waals surface area contributed by atoms with E-state index >= 15 is 0 Å². The maximum atomic E-state index is 12.4. The fourth-order valence-electron chi connectivity index (χ4n) is 2.31. The maximum Gasteiger partial charge on any atom is 0.337 e. The van der Waals surface area contributed by atoms with Crippen molar-refractivity contribution >= 4 is 39.7 Å². The van der Waals surface area contributed by atoms with Gasteiger partial charge in [0.1, 0.15) is 0 Å². The highest BCUT2D eigenvalue weighted by atomic mass is 32.1. The summed E-state index contributed by atoms with van der Waals surface area (Å²) in [6.45, 7) is 4.03. The van der Waals surface area contributed by atoms with Crippen LogP contribution in [0.25, 0.3) is 10.6 Å². The fourth-order valence-corrected chi connectivity index (χ4v) is 4.12. The zero-order valence-corrected chi connectivity index (χ0v) is 15.6. The molecular formula is C18H16N2O3S2. The van der Waals surface area contributed by atoms with Crippen molar-refractivity contribution in [1.82, 2.24) is 4.98 Å². The minimum absolute atomic E-state index is 0.312. The van der Waals surface area contributed by atoms with Crippen LogP contribution in [0.1, 0.15) is 30.5 Å². The number of hydrogen-bond acceptors (Lipinski definition) is 6. The van der Waals surface area contributed by atoms with Crippen molar-refractivity contribution in [3.63, 3.8) is 0 Å². The lowest BCUT2D eigenvalue weighted by atomic mass is 10.1. The fraction of sp³-hybridized carbons (Fsp3) is 0.167. The molecule has 3 rings (SSSR count). The monoisotopic (exact) mass is 372 g/mol. The molecule has 0 aliphatic rings. The summed E-state index contributed by atoms with van der Waals surface area (Å²) in [6, 6.07) is 10.5. The molecule has 0 bridgehead atoms. The number of aromatic nitrogens is 1. The van der Waals surface area contributed by atoms with Crippen LogP contribution in [0.3, 0.4) is 0 Å². The average molecular weight is 372 g/mol.